The highest BCUT2D eigenvalue weighted by molar-refractivity contribution is 5.82. The molecule has 1 saturated heterocycles. The minimum absolute atomic E-state index is 0.147. The van der Waals surface area contributed by atoms with Crippen LogP contribution in [-0.2, 0) is 14.3 Å². The van der Waals surface area contributed by atoms with Crippen molar-refractivity contribution < 1.29 is 19.4 Å². The Morgan fingerprint density at radius 3 is 2.20 bits per heavy atom. The number of rotatable bonds is 5. The molecular formula is C15H25NO4. The van der Waals surface area contributed by atoms with Crippen LogP contribution in [0.2, 0.25) is 0 Å². The van der Waals surface area contributed by atoms with Crippen molar-refractivity contribution >= 4 is 11.9 Å². The zero-order valence-corrected chi connectivity index (χ0v) is 12.1. The lowest BCUT2D eigenvalue weighted by Crippen LogP contribution is -2.38. The second-order valence-electron chi connectivity index (χ2n) is 6.07. The third-order valence-corrected chi connectivity index (χ3v) is 4.70. The average Bonchev–Trinajstić information content (AvgIpc) is 2.95. The Kier molecular flexibility index (Phi) is 5.40. The fraction of sp³-hybridized carbons (Fsp3) is 0.867. The first-order chi connectivity index (χ1) is 9.60. The van der Waals surface area contributed by atoms with E-state index < -0.39 is 18.2 Å². The summed E-state index contributed by atoms with van der Waals surface area (Å²) in [6.45, 7) is 2.94. The van der Waals surface area contributed by atoms with Crippen molar-refractivity contribution in [1.82, 2.24) is 5.32 Å². The largest absolute Gasteiger partial charge is 0.479 e. The number of aliphatic carboxylic acids is 1. The van der Waals surface area contributed by atoms with E-state index in [4.69, 9.17) is 9.84 Å². The van der Waals surface area contributed by atoms with Gasteiger partial charge in [-0.05, 0) is 37.5 Å². The van der Waals surface area contributed by atoms with Gasteiger partial charge in [0.05, 0.1) is 0 Å². The predicted octanol–water partition coefficient (Wildman–Crippen LogP) is 1.95. The molecule has 5 heteroatoms. The first-order valence-electron chi connectivity index (χ1n) is 7.76. The van der Waals surface area contributed by atoms with Gasteiger partial charge in [-0.2, -0.15) is 0 Å². The summed E-state index contributed by atoms with van der Waals surface area (Å²) in [5, 5.41) is 11.8. The van der Waals surface area contributed by atoms with Crippen LogP contribution >= 0.6 is 0 Å². The average molecular weight is 283 g/mol. The predicted molar refractivity (Wildman–Crippen MR) is 74.3 cm³/mol. The number of carbonyl (C=O) groups is 2. The lowest BCUT2D eigenvalue weighted by molar-refractivity contribution is -0.151. The summed E-state index contributed by atoms with van der Waals surface area (Å²) in [7, 11) is 0. The summed E-state index contributed by atoms with van der Waals surface area (Å²) in [6.07, 6.45) is 5.68. The molecule has 0 bridgehead atoms. The maximum absolute atomic E-state index is 11.9. The molecule has 5 nitrogen and oxygen atoms in total. The Morgan fingerprint density at radius 1 is 1.05 bits per heavy atom. The van der Waals surface area contributed by atoms with E-state index >= 15 is 0 Å². The maximum Gasteiger partial charge on any atom is 0.332 e. The van der Waals surface area contributed by atoms with E-state index in [1.807, 2.05) is 0 Å². The van der Waals surface area contributed by atoms with Crippen molar-refractivity contribution in [2.24, 2.45) is 11.8 Å². The van der Waals surface area contributed by atoms with Crippen molar-refractivity contribution in [1.29, 1.82) is 0 Å². The minimum Gasteiger partial charge on any atom is -0.479 e. The van der Waals surface area contributed by atoms with Crippen molar-refractivity contribution in [3.05, 3.63) is 0 Å². The van der Waals surface area contributed by atoms with Crippen LogP contribution < -0.4 is 5.32 Å². The van der Waals surface area contributed by atoms with Crippen LogP contribution in [0.15, 0.2) is 0 Å². The minimum atomic E-state index is -0.974. The number of carbonyl (C=O) groups excluding carboxylic acids is 1. The Morgan fingerprint density at radius 2 is 1.65 bits per heavy atom. The van der Waals surface area contributed by atoms with Crippen LogP contribution in [0.1, 0.15) is 51.9 Å². The SMILES string of the molecule is CCC1CCC(CNC(=O)[C@@H]2CC[C@H](C(=O)O)O2)CC1. The van der Waals surface area contributed by atoms with Gasteiger partial charge in [0, 0.05) is 6.54 Å². The Hall–Kier alpha value is -1.10. The normalized spacial score (nSPS) is 33.9. The van der Waals surface area contributed by atoms with E-state index in [1.165, 1.54) is 32.1 Å². The molecule has 20 heavy (non-hydrogen) atoms. The van der Waals surface area contributed by atoms with E-state index in [-0.39, 0.29) is 5.91 Å². The molecule has 2 aliphatic rings. The van der Waals surface area contributed by atoms with Crippen LogP contribution in [0.3, 0.4) is 0 Å². The topological polar surface area (TPSA) is 75.6 Å². The summed E-state index contributed by atoms with van der Waals surface area (Å²) >= 11 is 0. The van der Waals surface area contributed by atoms with Crippen molar-refractivity contribution in [2.75, 3.05) is 6.54 Å². The monoisotopic (exact) mass is 283 g/mol. The van der Waals surface area contributed by atoms with Gasteiger partial charge < -0.3 is 15.2 Å². The number of carboxylic acids is 1. The van der Waals surface area contributed by atoms with Gasteiger partial charge in [0.25, 0.3) is 0 Å². The molecule has 2 atom stereocenters. The molecule has 2 rings (SSSR count). The Balaban J connectivity index is 1.67. The molecule has 2 N–H and O–H groups in total. The first kappa shape index (κ1) is 15.3. The highest BCUT2D eigenvalue weighted by atomic mass is 16.5. The molecule has 1 amide bonds. The van der Waals surface area contributed by atoms with Gasteiger partial charge in [0.1, 0.15) is 6.10 Å². The van der Waals surface area contributed by atoms with Crippen molar-refractivity contribution in [3.63, 3.8) is 0 Å². The van der Waals surface area contributed by atoms with E-state index in [0.29, 0.717) is 25.3 Å². The van der Waals surface area contributed by atoms with E-state index in [9.17, 15) is 9.59 Å². The second kappa shape index (κ2) is 7.07. The summed E-state index contributed by atoms with van der Waals surface area (Å²) in [5.41, 5.74) is 0. The smallest absolute Gasteiger partial charge is 0.332 e. The molecule has 0 aromatic carbocycles. The number of nitrogens with one attached hydrogen (secondary N) is 1. The van der Waals surface area contributed by atoms with Crippen molar-refractivity contribution in [3.8, 4) is 0 Å². The van der Waals surface area contributed by atoms with Crippen LogP contribution in [0.4, 0.5) is 0 Å². The highest BCUT2D eigenvalue weighted by Gasteiger charge is 2.34. The van der Waals surface area contributed by atoms with Gasteiger partial charge in [0.2, 0.25) is 5.91 Å². The summed E-state index contributed by atoms with van der Waals surface area (Å²) < 4.78 is 5.25. The molecule has 1 aliphatic heterocycles. The molecule has 0 aromatic rings. The van der Waals surface area contributed by atoms with Gasteiger partial charge in [-0.1, -0.05) is 26.2 Å². The molecule has 0 unspecified atom stereocenters. The fourth-order valence-corrected chi connectivity index (χ4v) is 3.21. The number of carboxylic acid groups (broad SMARTS) is 1. The third kappa shape index (κ3) is 3.95. The number of ether oxygens (including phenoxy) is 1. The number of hydrogen-bond donors (Lipinski definition) is 2. The van der Waals surface area contributed by atoms with Crippen LogP contribution in [-0.4, -0.2) is 35.7 Å². The van der Waals surface area contributed by atoms with Gasteiger partial charge in [-0.25, -0.2) is 4.79 Å². The quantitative estimate of drug-likeness (QED) is 0.808. The first-order valence-corrected chi connectivity index (χ1v) is 7.76. The third-order valence-electron chi connectivity index (χ3n) is 4.70. The molecule has 2 fully saturated rings. The molecule has 0 spiro atoms. The molecule has 0 radical (unpaired) electrons. The van der Waals surface area contributed by atoms with Crippen LogP contribution in [0.5, 0.6) is 0 Å². The summed E-state index contributed by atoms with van der Waals surface area (Å²) in [5.74, 6) is 0.305. The zero-order chi connectivity index (χ0) is 14.5. The van der Waals surface area contributed by atoms with Gasteiger partial charge in [-0.15, -0.1) is 0 Å². The molecular weight excluding hydrogens is 258 g/mol. The molecule has 1 aliphatic carbocycles. The fourth-order valence-electron chi connectivity index (χ4n) is 3.21. The van der Waals surface area contributed by atoms with E-state index in [2.05, 4.69) is 12.2 Å². The van der Waals surface area contributed by atoms with Gasteiger partial charge in [0.15, 0.2) is 6.10 Å². The Bertz CT molecular complexity index is 350. The molecule has 0 aromatic heterocycles. The molecule has 114 valence electrons. The summed E-state index contributed by atoms with van der Waals surface area (Å²) in [4.78, 5) is 22.7. The Labute approximate surface area is 120 Å². The lowest BCUT2D eigenvalue weighted by Gasteiger charge is -2.28. The van der Waals surface area contributed by atoms with E-state index in [1.54, 1.807) is 0 Å². The number of amides is 1. The standard InChI is InChI=1S/C15H25NO4/c1-2-10-3-5-11(6-4-10)9-16-14(17)12-7-8-13(20-12)15(18)19/h10-13H,2-9H2,1H3,(H,16,17)(H,18,19)/t10?,11?,12-,13+/m0/s1. The highest BCUT2D eigenvalue weighted by Crippen LogP contribution is 2.30. The maximum atomic E-state index is 11.9. The van der Waals surface area contributed by atoms with Gasteiger partial charge >= 0.3 is 5.97 Å². The molecule has 1 saturated carbocycles. The van der Waals surface area contributed by atoms with Gasteiger partial charge in [-0.3, -0.25) is 4.79 Å². The zero-order valence-electron chi connectivity index (χ0n) is 12.1. The molecule has 1 heterocycles. The number of hydrogen-bond acceptors (Lipinski definition) is 3. The second-order valence-corrected chi connectivity index (χ2v) is 6.07. The van der Waals surface area contributed by atoms with E-state index in [0.717, 1.165) is 5.92 Å². The van der Waals surface area contributed by atoms with Crippen molar-refractivity contribution in [2.45, 2.75) is 64.1 Å². The van der Waals surface area contributed by atoms with Crippen LogP contribution in [0.25, 0.3) is 0 Å². The lowest BCUT2D eigenvalue weighted by atomic mass is 9.81. The summed E-state index contributed by atoms with van der Waals surface area (Å²) in [6, 6.07) is 0. The van der Waals surface area contributed by atoms with Crippen LogP contribution in [0, 0.1) is 11.8 Å².